The van der Waals surface area contributed by atoms with Gasteiger partial charge in [-0.3, -0.25) is 14.6 Å². The summed E-state index contributed by atoms with van der Waals surface area (Å²) < 4.78 is 94.0. The Morgan fingerprint density at radius 2 is 1.44 bits per heavy atom. The van der Waals surface area contributed by atoms with Crippen LogP contribution >= 0.6 is 0 Å². The molecule has 2 aliphatic heterocycles. The first kappa shape index (κ1) is 41.1. The second kappa shape index (κ2) is 16.7. The van der Waals surface area contributed by atoms with Crippen LogP contribution in [0.3, 0.4) is 0 Å². The first-order valence-corrected chi connectivity index (χ1v) is 18.1. The number of halogens is 6. The highest BCUT2D eigenvalue weighted by molar-refractivity contribution is 6.01. The number of rotatable bonds is 13. The Balaban J connectivity index is 1.43. The van der Waals surface area contributed by atoms with Gasteiger partial charge in [0, 0.05) is 51.3 Å². The van der Waals surface area contributed by atoms with Crippen molar-refractivity contribution in [2.24, 2.45) is 11.3 Å². The molecule has 15 heteroatoms. The van der Waals surface area contributed by atoms with E-state index in [9.17, 15) is 41.0 Å². The molecule has 0 aliphatic carbocycles. The van der Waals surface area contributed by atoms with Gasteiger partial charge in [0.15, 0.2) is 0 Å². The summed E-state index contributed by atoms with van der Waals surface area (Å²) in [6.07, 6.45) is -11.9. The lowest BCUT2D eigenvalue weighted by atomic mass is 9.76. The number of carbonyl (C=O) groups excluding carboxylic acids is 1. The van der Waals surface area contributed by atoms with Crippen LogP contribution in [0.1, 0.15) is 37.8 Å². The summed E-state index contributed by atoms with van der Waals surface area (Å²) in [7, 11) is 3.14. The number of alkyl halides is 6. The molecule has 1 amide bonds. The Morgan fingerprint density at radius 1 is 0.815 bits per heavy atom. The van der Waals surface area contributed by atoms with Crippen molar-refractivity contribution in [2.75, 3.05) is 66.6 Å². The normalized spacial score (nSPS) is 18.1. The van der Waals surface area contributed by atoms with E-state index in [1.807, 2.05) is 24.3 Å². The minimum absolute atomic E-state index is 0.354. The standard InChI is InChI=1S/C39H48F6N4O5/c1-25(2)22-47-17-19-48(20-18-47)23-27-11-12-32(53-3)33(34(27)54-4)30-10-6-8-28-26(7-5-9-29(28)30)21-31(35(50)51)46-36(52)37(39(43,44)45)13-15-49(16-14-37)24-38(40,41)42/h5-12,25,31H,13-24H2,1-4H3,(H,46,52)(H,50,51)/t31-/m0/s1. The number of nitrogens with one attached hydrogen (secondary N) is 1. The molecule has 0 aromatic heterocycles. The Kier molecular flexibility index (Phi) is 12.7. The molecule has 54 heavy (non-hydrogen) atoms. The maximum absolute atomic E-state index is 14.5. The van der Waals surface area contributed by atoms with E-state index in [1.165, 1.54) is 0 Å². The van der Waals surface area contributed by atoms with Crippen LogP contribution in [0.5, 0.6) is 11.5 Å². The molecule has 0 radical (unpaired) electrons. The van der Waals surface area contributed by atoms with E-state index < -0.39 is 68.2 Å². The molecule has 2 N–H and O–H groups in total. The predicted octanol–water partition coefficient (Wildman–Crippen LogP) is 6.62. The summed E-state index contributed by atoms with van der Waals surface area (Å²) in [5, 5.41) is 13.5. The number of fused-ring (bicyclic) bond motifs is 1. The van der Waals surface area contributed by atoms with E-state index in [-0.39, 0.29) is 6.42 Å². The number of hydrogen-bond acceptors (Lipinski definition) is 7. The van der Waals surface area contributed by atoms with Gasteiger partial charge < -0.3 is 24.8 Å². The molecule has 0 unspecified atom stereocenters. The van der Waals surface area contributed by atoms with Gasteiger partial charge in [0.1, 0.15) is 23.0 Å². The first-order chi connectivity index (χ1) is 25.5. The van der Waals surface area contributed by atoms with Gasteiger partial charge in [-0.25, -0.2) is 4.79 Å². The van der Waals surface area contributed by atoms with E-state index in [1.54, 1.807) is 38.5 Å². The van der Waals surface area contributed by atoms with Crippen LogP contribution in [0.2, 0.25) is 0 Å². The molecule has 1 atom stereocenters. The van der Waals surface area contributed by atoms with Crippen LogP contribution in [0.15, 0.2) is 48.5 Å². The van der Waals surface area contributed by atoms with Crippen molar-refractivity contribution in [1.82, 2.24) is 20.0 Å². The topological polar surface area (TPSA) is 94.6 Å². The van der Waals surface area contributed by atoms with Crippen LogP contribution in [0.4, 0.5) is 26.3 Å². The first-order valence-electron chi connectivity index (χ1n) is 18.1. The Bertz CT molecular complexity index is 1780. The summed E-state index contributed by atoms with van der Waals surface area (Å²) in [6, 6.07) is 12.7. The van der Waals surface area contributed by atoms with Crippen LogP contribution in [0, 0.1) is 11.3 Å². The zero-order valence-electron chi connectivity index (χ0n) is 30.9. The van der Waals surface area contributed by atoms with Gasteiger partial charge in [-0.1, -0.05) is 56.3 Å². The number of benzene rings is 3. The van der Waals surface area contributed by atoms with Gasteiger partial charge in [0.25, 0.3) is 0 Å². The molecule has 296 valence electrons. The molecule has 9 nitrogen and oxygen atoms in total. The molecule has 2 saturated heterocycles. The summed E-state index contributed by atoms with van der Waals surface area (Å²) >= 11 is 0. The quantitative estimate of drug-likeness (QED) is 0.188. The Hall–Kier alpha value is -4.08. The lowest BCUT2D eigenvalue weighted by Gasteiger charge is -2.42. The van der Waals surface area contributed by atoms with Gasteiger partial charge in [-0.2, -0.15) is 26.3 Å². The highest BCUT2D eigenvalue weighted by Crippen LogP contribution is 2.47. The van der Waals surface area contributed by atoms with Crippen molar-refractivity contribution in [3.8, 4) is 22.6 Å². The van der Waals surface area contributed by atoms with Crippen molar-refractivity contribution in [3.05, 3.63) is 59.7 Å². The molecule has 0 saturated carbocycles. The summed E-state index contributed by atoms with van der Waals surface area (Å²) in [4.78, 5) is 31.5. The minimum atomic E-state index is -5.12. The van der Waals surface area contributed by atoms with E-state index >= 15 is 0 Å². The van der Waals surface area contributed by atoms with Crippen molar-refractivity contribution in [3.63, 3.8) is 0 Å². The number of piperazine rings is 1. The number of aliphatic carboxylic acids is 1. The largest absolute Gasteiger partial charge is 0.496 e. The van der Waals surface area contributed by atoms with Crippen LogP contribution in [0.25, 0.3) is 21.9 Å². The fourth-order valence-corrected chi connectivity index (χ4v) is 7.75. The average molecular weight is 767 g/mol. The number of ether oxygens (including phenoxy) is 2. The lowest BCUT2D eigenvalue weighted by molar-refractivity contribution is -0.236. The highest BCUT2D eigenvalue weighted by atomic mass is 19.4. The maximum Gasteiger partial charge on any atom is 0.403 e. The van der Waals surface area contributed by atoms with Crippen molar-refractivity contribution in [2.45, 2.75) is 58.0 Å². The highest BCUT2D eigenvalue weighted by Gasteiger charge is 2.61. The second-order valence-corrected chi connectivity index (χ2v) is 14.7. The van der Waals surface area contributed by atoms with E-state index in [2.05, 4.69) is 29.0 Å². The molecule has 2 fully saturated rings. The molecular weight excluding hydrogens is 718 g/mol. The number of methoxy groups -OCH3 is 2. The molecular formula is C39H48F6N4O5. The fraction of sp³-hybridized carbons (Fsp3) is 0.538. The van der Waals surface area contributed by atoms with Gasteiger partial charge in [0.05, 0.1) is 26.3 Å². The molecule has 0 bridgehead atoms. The molecule has 2 heterocycles. The number of likely N-dealkylation sites (tertiary alicyclic amines) is 1. The fourth-order valence-electron chi connectivity index (χ4n) is 7.75. The van der Waals surface area contributed by atoms with Gasteiger partial charge in [-0.05, 0) is 59.8 Å². The van der Waals surface area contributed by atoms with Gasteiger partial charge in [-0.15, -0.1) is 0 Å². The van der Waals surface area contributed by atoms with Crippen LogP contribution in [-0.2, 0) is 22.6 Å². The van der Waals surface area contributed by atoms with Gasteiger partial charge in [0.2, 0.25) is 5.91 Å². The monoisotopic (exact) mass is 766 g/mol. The Labute approximate surface area is 311 Å². The van der Waals surface area contributed by atoms with E-state index in [4.69, 9.17) is 9.47 Å². The third kappa shape index (κ3) is 9.23. The predicted molar refractivity (Wildman–Crippen MR) is 193 cm³/mol. The Morgan fingerprint density at radius 3 is 2.02 bits per heavy atom. The van der Waals surface area contributed by atoms with Crippen LogP contribution in [-0.4, -0.2) is 117 Å². The number of nitrogens with zero attached hydrogens (tertiary/aromatic N) is 3. The van der Waals surface area contributed by atoms with Crippen LogP contribution < -0.4 is 14.8 Å². The average Bonchev–Trinajstić information content (AvgIpc) is 3.10. The lowest BCUT2D eigenvalue weighted by Crippen LogP contribution is -2.59. The molecule has 3 aromatic carbocycles. The minimum Gasteiger partial charge on any atom is -0.496 e. The number of hydrogen-bond donors (Lipinski definition) is 2. The number of carbonyl (C=O) groups is 2. The number of carboxylic acid groups (broad SMARTS) is 1. The smallest absolute Gasteiger partial charge is 0.403 e. The number of piperidine rings is 1. The third-order valence-corrected chi connectivity index (χ3v) is 10.5. The van der Waals surface area contributed by atoms with Gasteiger partial charge >= 0.3 is 18.3 Å². The zero-order chi connectivity index (χ0) is 39.4. The summed E-state index contributed by atoms with van der Waals surface area (Å²) in [6.45, 7) is 7.19. The van der Waals surface area contributed by atoms with E-state index in [0.29, 0.717) is 45.9 Å². The summed E-state index contributed by atoms with van der Waals surface area (Å²) in [5.41, 5.74) is -0.212. The van der Waals surface area contributed by atoms with Crippen molar-refractivity contribution in [1.29, 1.82) is 0 Å². The zero-order valence-corrected chi connectivity index (χ0v) is 30.9. The summed E-state index contributed by atoms with van der Waals surface area (Å²) in [5.74, 6) is -1.37. The molecule has 2 aliphatic rings. The van der Waals surface area contributed by atoms with E-state index in [0.717, 1.165) is 48.8 Å². The maximum atomic E-state index is 14.5. The van der Waals surface area contributed by atoms with Crippen molar-refractivity contribution < 1.29 is 50.5 Å². The molecule has 5 rings (SSSR count). The molecule has 3 aromatic rings. The number of amides is 1. The third-order valence-electron chi connectivity index (χ3n) is 10.5. The SMILES string of the molecule is COc1ccc(CN2CCN(CC(C)C)CC2)c(OC)c1-c1cccc2c(C[C@H](NC(=O)C3(C(F)(F)F)CCN(CC(F)(F)F)CC3)C(=O)O)cccc12. The second-order valence-electron chi connectivity index (χ2n) is 14.7. The molecule has 0 spiro atoms. The number of carboxylic acids is 1. The van der Waals surface area contributed by atoms with Crippen molar-refractivity contribution >= 4 is 22.6 Å².